The van der Waals surface area contributed by atoms with Gasteiger partial charge in [0.05, 0.1) is 0 Å². The van der Waals surface area contributed by atoms with Crippen molar-refractivity contribution >= 4 is 96.1 Å². The fourth-order valence-corrected chi connectivity index (χ4v) is 19.9. The van der Waals surface area contributed by atoms with E-state index in [2.05, 4.69) is 255 Å². The van der Waals surface area contributed by atoms with Crippen molar-refractivity contribution in [2.75, 3.05) is 0 Å². The van der Waals surface area contributed by atoms with Crippen LogP contribution in [0.4, 0.5) is 0 Å². The fourth-order valence-electron chi connectivity index (χ4n) is 13.8. The molecule has 0 spiro atoms. The van der Waals surface area contributed by atoms with E-state index in [1.165, 1.54) is 99.7 Å². The van der Waals surface area contributed by atoms with Crippen molar-refractivity contribution in [3.05, 3.63) is 356 Å². The number of halogens is 1. The number of hydrogen-bond donors (Lipinski definition) is 0. The average Bonchev–Trinajstić information content (AvgIpc) is 1.65. The topological polar surface area (TPSA) is 95.8 Å². The normalized spacial score (nSPS) is 12.9. The van der Waals surface area contributed by atoms with Gasteiger partial charge in [-0.3, -0.25) is 0 Å². The van der Waals surface area contributed by atoms with Crippen LogP contribution >= 0.6 is 15.9 Å². The Bertz CT molecular complexity index is 6120. The Morgan fingerprint density at radius 1 is 0.241 bits per heavy atom. The van der Waals surface area contributed by atoms with Crippen LogP contribution in [0.2, 0.25) is 0 Å². The zero-order valence-electron chi connectivity index (χ0n) is 59.8. The first-order chi connectivity index (χ1) is 52.9. The first-order valence-corrected chi connectivity index (χ1v) is 40.3. The molecule has 19 rings (SSSR count). The van der Waals surface area contributed by atoms with Gasteiger partial charge in [-0.05, 0) is 12.1 Å². The molecule has 0 N–H and O–H groups in total. The molecule has 1 aliphatic heterocycles. The third-order valence-corrected chi connectivity index (χ3v) is 26.0. The zero-order chi connectivity index (χ0) is 73.1. The van der Waals surface area contributed by atoms with Gasteiger partial charge in [-0.25, -0.2) is 15.0 Å². The van der Waals surface area contributed by atoms with Crippen molar-refractivity contribution in [1.82, 2.24) is 29.9 Å². The van der Waals surface area contributed by atoms with Gasteiger partial charge in [-0.1, -0.05) is 88.7 Å². The van der Waals surface area contributed by atoms with Crippen LogP contribution in [0.5, 0.6) is 0 Å². The first-order valence-electron chi connectivity index (χ1n) is 36.1. The Labute approximate surface area is 649 Å². The van der Waals surface area contributed by atoms with Gasteiger partial charge in [0, 0.05) is 21.2 Å². The fraction of sp³-hybridized carbons (Fsp3) is 0.0625. The molecular formula is C96H70BBrN6O2Se2. The van der Waals surface area contributed by atoms with E-state index in [-0.39, 0.29) is 47.3 Å². The standard InChI is InChI=1S/C45H29N3Se.C30H27BO2Se.C21H14BrN3/c1-4-13-30(14-5-1)31-25-27-32(28-26-31)37-21-11-23-39-40-24-12-22-38(42(40)49-41(37)39)35-19-10-20-36(29-35)45-47-43(33-15-6-2-7-16-33)46-44(48-45)34-17-8-3-9-18-34;1-29(2)30(3,4)33-31(32-29)26-15-9-14-25-24-13-8-12-23(27(24)34-28(25)26)22-18-16-21(17-19-22)20-10-6-5-7-11-20;22-18-13-7-12-17(14-18)21-24-19(15-8-3-1-4-9-15)23-20(25-21)16-10-5-2-6-11-16/h1-29H;5-19H,1-4H3;1-14H. The molecule has 0 atom stereocenters. The Hall–Kier alpha value is -11.4. The maximum atomic E-state index is 6.43. The molecule has 0 unspecified atom stereocenters. The predicted octanol–water partition coefficient (Wildman–Crippen LogP) is 23.6. The van der Waals surface area contributed by atoms with Gasteiger partial charge >= 0.3 is 500 Å². The molecule has 108 heavy (non-hydrogen) atoms. The first kappa shape index (κ1) is 69.6. The third kappa shape index (κ3) is 14.4. The molecule has 518 valence electrons. The number of aromatic nitrogens is 6. The molecule has 0 aliphatic carbocycles. The van der Waals surface area contributed by atoms with Gasteiger partial charge in [0.1, 0.15) is 0 Å². The molecule has 1 aliphatic rings. The summed E-state index contributed by atoms with van der Waals surface area (Å²) in [4.78, 5) is 28.9. The van der Waals surface area contributed by atoms with Crippen molar-refractivity contribution < 1.29 is 9.31 Å². The Kier molecular flexibility index (Phi) is 19.6. The van der Waals surface area contributed by atoms with Crippen molar-refractivity contribution in [1.29, 1.82) is 0 Å². The molecule has 0 radical (unpaired) electrons. The quantitative estimate of drug-likeness (QED) is 0.112. The number of nitrogens with zero attached hydrogens (tertiary/aromatic N) is 6. The molecule has 0 saturated carbocycles. The number of benzene rings is 14. The van der Waals surface area contributed by atoms with Crippen LogP contribution in [0, 0.1) is 0 Å². The van der Waals surface area contributed by atoms with E-state index in [1.807, 2.05) is 146 Å². The Morgan fingerprint density at radius 2 is 0.500 bits per heavy atom. The van der Waals surface area contributed by atoms with Crippen LogP contribution in [0.15, 0.2) is 356 Å². The van der Waals surface area contributed by atoms with Crippen molar-refractivity contribution in [2.45, 2.75) is 38.9 Å². The van der Waals surface area contributed by atoms with Gasteiger partial charge in [0.25, 0.3) is 0 Å². The van der Waals surface area contributed by atoms with Crippen LogP contribution in [0.3, 0.4) is 0 Å². The summed E-state index contributed by atoms with van der Waals surface area (Å²) in [6.45, 7) is 8.47. The van der Waals surface area contributed by atoms with E-state index < -0.39 is 0 Å². The molecule has 5 heterocycles. The van der Waals surface area contributed by atoms with E-state index in [0.717, 1.165) is 37.9 Å². The van der Waals surface area contributed by atoms with Crippen LogP contribution < -0.4 is 5.46 Å². The summed E-state index contributed by atoms with van der Waals surface area (Å²) in [6.07, 6.45) is 0. The van der Waals surface area contributed by atoms with Gasteiger partial charge in [0.2, 0.25) is 0 Å². The third-order valence-electron chi connectivity index (χ3n) is 20.1. The summed E-state index contributed by atoms with van der Waals surface area (Å²) in [7, 11) is -0.329. The minimum absolute atomic E-state index is 0.139. The molecule has 12 heteroatoms. The second-order valence-electron chi connectivity index (χ2n) is 27.6. The number of rotatable bonds is 12. The summed E-state index contributed by atoms with van der Waals surface area (Å²) >= 11 is 3.83. The van der Waals surface area contributed by atoms with E-state index in [0.29, 0.717) is 34.9 Å². The van der Waals surface area contributed by atoms with E-state index in [4.69, 9.17) is 34.2 Å². The number of hydrogen-bond acceptors (Lipinski definition) is 8. The van der Waals surface area contributed by atoms with E-state index >= 15 is 0 Å². The monoisotopic (exact) mass is 1590 g/mol. The minimum atomic E-state index is -0.343. The molecule has 8 nitrogen and oxygen atoms in total. The molecule has 0 bridgehead atoms. The van der Waals surface area contributed by atoms with Crippen molar-refractivity contribution in [3.8, 4) is 124 Å². The molecule has 0 amide bonds. The van der Waals surface area contributed by atoms with E-state index in [1.54, 1.807) is 0 Å². The summed E-state index contributed by atoms with van der Waals surface area (Å²) < 4.78 is 19.6. The summed E-state index contributed by atoms with van der Waals surface area (Å²) in [5.74, 6) is 4.00. The zero-order valence-corrected chi connectivity index (χ0v) is 64.8. The van der Waals surface area contributed by atoms with Crippen LogP contribution in [0.25, 0.3) is 163 Å². The van der Waals surface area contributed by atoms with Crippen molar-refractivity contribution in [2.24, 2.45) is 0 Å². The second kappa shape index (κ2) is 30.5. The SMILES string of the molecule is Brc1cccc(-c2nc(-c3ccccc3)nc(-c3ccccc3)n2)c1.CC1(C)OB(c2cccc3c2[se]c2c(-c4ccc(-c5ccccc5)cc4)cccc23)OC1(C)C.c1ccc(-c2ccc(-c3cccc4c3[se]c3c(-c5cccc(-c6nc(-c7ccccc7)nc(-c7ccccc7)n6)c5)cccc34)cc2)cc1. The Morgan fingerprint density at radius 3 is 0.870 bits per heavy atom. The maximum absolute atomic E-state index is 6.43. The van der Waals surface area contributed by atoms with E-state index in [9.17, 15) is 0 Å². The van der Waals surface area contributed by atoms with Crippen LogP contribution in [-0.4, -0.2) is 77.2 Å². The molecule has 18 aromatic rings. The van der Waals surface area contributed by atoms with Gasteiger partial charge in [0.15, 0.2) is 17.5 Å². The Balaban J connectivity index is 0.000000126. The van der Waals surface area contributed by atoms with Crippen LogP contribution in [0.1, 0.15) is 27.7 Å². The summed E-state index contributed by atoms with van der Waals surface area (Å²) in [6, 6.07) is 123. The molecule has 1 fully saturated rings. The average molecular weight is 1590 g/mol. The molecule has 1 saturated heterocycles. The summed E-state index contributed by atoms with van der Waals surface area (Å²) in [5, 5.41) is 5.34. The van der Waals surface area contributed by atoms with Gasteiger partial charge in [-0.15, -0.1) is 0 Å². The predicted molar refractivity (Wildman–Crippen MR) is 453 cm³/mol. The van der Waals surface area contributed by atoms with Gasteiger partial charge < -0.3 is 0 Å². The second-order valence-corrected chi connectivity index (χ2v) is 32.8. The van der Waals surface area contributed by atoms with Gasteiger partial charge in [-0.2, -0.15) is 0 Å². The van der Waals surface area contributed by atoms with Crippen molar-refractivity contribution in [3.63, 3.8) is 0 Å². The molecule has 14 aromatic carbocycles. The molecular weight excluding hydrogens is 1520 g/mol. The number of fused-ring (bicyclic) bond motifs is 6. The summed E-state index contributed by atoms with van der Waals surface area (Å²) in [5.41, 5.74) is 18.8. The molecule has 4 aromatic heterocycles. The van der Waals surface area contributed by atoms with Crippen LogP contribution in [-0.2, 0) is 9.31 Å².